The molecule has 2 bridgehead atoms. The van der Waals surface area contributed by atoms with Crippen LogP contribution in [0.15, 0.2) is 60.7 Å². The van der Waals surface area contributed by atoms with Crippen molar-refractivity contribution in [2.45, 2.75) is 123 Å². The van der Waals surface area contributed by atoms with E-state index in [-0.39, 0.29) is 36.2 Å². The van der Waals surface area contributed by atoms with E-state index >= 15 is 0 Å². The predicted molar refractivity (Wildman–Crippen MR) is 187 cm³/mol. The average molecular weight is 660 g/mol. The SMILES string of the molecule is CC(C)CC(NC(=O)C(Cc1ccccc1)NC(=O)C(Cc1ccccc1)NC(=O)OC(C)(C)C)B1OC2CC3CC(C3(C)C)C2(C)O1. The number of rotatable bonds is 12. The number of amides is 3. The van der Waals surface area contributed by atoms with Gasteiger partial charge in [-0.3, -0.25) is 9.59 Å². The molecule has 1 saturated heterocycles. The van der Waals surface area contributed by atoms with Gasteiger partial charge in [-0.25, -0.2) is 4.79 Å². The first-order chi connectivity index (χ1) is 22.5. The molecule has 3 N–H and O–H groups in total. The predicted octanol–water partition coefficient (Wildman–Crippen LogP) is 5.65. The lowest BCUT2D eigenvalue weighted by atomic mass is 9.43. The highest BCUT2D eigenvalue weighted by Gasteiger charge is 2.68. The van der Waals surface area contributed by atoms with Crippen LogP contribution in [0.4, 0.5) is 4.79 Å². The summed E-state index contributed by atoms with van der Waals surface area (Å²) in [4.78, 5) is 41.1. The van der Waals surface area contributed by atoms with Gasteiger partial charge in [0.15, 0.2) is 0 Å². The molecule has 7 atom stereocenters. The molecule has 3 saturated carbocycles. The Kier molecular flexibility index (Phi) is 10.7. The summed E-state index contributed by atoms with van der Waals surface area (Å²) < 4.78 is 18.9. The summed E-state index contributed by atoms with van der Waals surface area (Å²) in [6, 6.07) is 17.1. The quantitative estimate of drug-likeness (QED) is 0.254. The van der Waals surface area contributed by atoms with Gasteiger partial charge in [0, 0.05) is 12.8 Å². The fourth-order valence-corrected chi connectivity index (χ4v) is 7.94. The molecule has 0 spiro atoms. The molecule has 7 unspecified atom stereocenters. The van der Waals surface area contributed by atoms with Crippen LogP contribution in [0.1, 0.15) is 85.8 Å². The highest BCUT2D eigenvalue weighted by atomic mass is 16.7. The number of ether oxygens (including phenoxy) is 1. The summed E-state index contributed by atoms with van der Waals surface area (Å²) in [5.74, 6) is 0.0670. The maximum atomic E-state index is 14.2. The molecular formula is C38H54BN3O6. The van der Waals surface area contributed by atoms with E-state index in [0.717, 1.165) is 24.0 Å². The van der Waals surface area contributed by atoms with E-state index in [4.69, 9.17) is 14.0 Å². The van der Waals surface area contributed by atoms with Crippen molar-refractivity contribution in [3.05, 3.63) is 71.8 Å². The minimum absolute atomic E-state index is 0.0108. The average Bonchev–Trinajstić information content (AvgIpc) is 3.37. The van der Waals surface area contributed by atoms with Gasteiger partial charge in [0.05, 0.1) is 17.6 Å². The van der Waals surface area contributed by atoms with Crippen LogP contribution in [0.3, 0.4) is 0 Å². The lowest BCUT2D eigenvalue weighted by Gasteiger charge is -2.64. The van der Waals surface area contributed by atoms with Gasteiger partial charge in [-0.05, 0) is 81.3 Å². The van der Waals surface area contributed by atoms with Crippen molar-refractivity contribution < 1.29 is 28.4 Å². The van der Waals surface area contributed by atoms with Gasteiger partial charge in [-0.2, -0.15) is 0 Å². The minimum atomic E-state index is -0.973. The zero-order valence-corrected chi connectivity index (χ0v) is 29.9. The molecule has 3 amide bonds. The van der Waals surface area contributed by atoms with Gasteiger partial charge in [0.2, 0.25) is 11.8 Å². The monoisotopic (exact) mass is 659 g/mol. The Hall–Kier alpha value is -3.37. The van der Waals surface area contributed by atoms with Crippen LogP contribution in [-0.2, 0) is 36.5 Å². The number of benzene rings is 2. The smallest absolute Gasteiger partial charge is 0.444 e. The van der Waals surface area contributed by atoms with Crippen molar-refractivity contribution in [2.75, 3.05) is 0 Å². The van der Waals surface area contributed by atoms with Crippen molar-refractivity contribution in [3.8, 4) is 0 Å². The van der Waals surface area contributed by atoms with E-state index in [0.29, 0.717) is 18.3 Å². The fraction of sp³-hybridized carbons (Fsp3) is 0.605. The first kappa shape index (κ1) is 35.9. The number of hydrogen-bond donors (Lipinski definition) is 3. The Morgan fingerprint density at radius 3 is 1.92 bits per heavy atom. The summed E-state index contributed by atoms with van der Waals surface area (Å²) in [5.41, 5.74) is 0.815. The molecule has 2 aromatic rings. The van der Waals surface area contributed by atoms with Crippen molar-refractivity contribution in [3.63, 3.8) is 0 Å². The summed E-state index contributed by atoms with van der Waals surface area (Å²) in [5, 5.41) is 8.96. The van der Waals surface area contributed by atoms with E-state index in [2.05, 4.69) is 50.6 Å². The maximum absolute atomic E-state index is 14.2. The van der Waals surface area contributed by atoms with E-state index in [9.17, 15) is 14.4 Å². The summed E-state index contributed by atoms with van der Waals surface area (Å²) >= 11 is 0. The molecule has 9 nitrogen and oxygen atoms in total. The van der Waals surface area contributed by atoms with Gasteiger partial charge < -0.3 is 30.0 Å². The molecule has 1 heterocycles. The lowest BCUT2D eigenvalue weighted by Crippen LogP contribution is -2.65. The molecule has 10 heteroatoms. The van der Waals surface area contributed by atoms with E-state index in [1.54, 1.807) is 20.8 Å². The molecule has 4 aliphatic rings. The van der Waals surface area contributed by atoms with Crippen molar-refractivity contribution in [2.24, 2.45) is 23.2 Å². The minimum Gasteiger partial charge on any atom is -0.444 e. The molecule has 3 aliphatic carbocycles. The molecule has 6 rings (SSSR count). The number of hydrogen-bond acceptors (Lipinski definition) is 6. The molecule has 0 aromatic heterocycles. The number of nitrogens with one attached hydrogen (secondary N) is 3. The van der Waals surface area contributed by atoms with Crippen LogP contribution in [0, 0.1) is 23.2 Å². The largest absolute Gasteiger partial charge is 0.481 e. The van der Waals surface area contributed by atoms with Crippen LogP contribution in [0.25, 0.3) is 0 Å². The molecule has 4 fully saturated rings. The highest BCUT2D eigenvalue weighted by molar-refractivity contribution is 6.48. The van der Waals surface area contributed by atoms with Crippen LogP contribution in [0.5, 0.6) is 0 Å². The third-order valence-corrected chi connectivity index (χ3v) is 10.6. The standard InChI is InChI=1S/C38H54BN3O6/c1-24(2)19-32(39-47-31-23-27-22-30(37(27,6)7)38(31,8)48-39)42-34(44)28(20-25-15-11-9-12-16-25)40-33(43)29(21-26-17-13-10-14-18-26)41-35(45)46-36(3,4)5/h9-18,24,27-32H,19-23H2,1-8H3,(H,40,43)(H,41,45)(H,42,44). The number of carbonyl (C=O) groups excluding carboxylic acids is 3. The van der Waals surface area contributed by atoms with Crippen LogP contribution < -0.4 is 16.0 Å². The van der Waals surface area contributed by atoms with Gasteiger partial charge in [0.1, 0.15) is 17.7 Å². The highest BCUT2D eigenvalue weighted by Crippen LogP contribution is 2.65. The molecular weight excluding hydrogens is 605 g/mol. The number of alkyl carbamates (subject to hydrolysis) is 1. The van der Waals surface area contributed by atoms with Gasteiger partial charge >= 0.3 is 13.2 Å². The second kappa shape index (κ2) is 14.2. The third kappa shape index (κ3) is 8.25. The van der Waals surface area contributed by atoms with Crippen LogP contribution in [0.2, 0.25) is 0 Å². The molecule has 260 valence electrons. The summed E-state index contributed by atoms with van der Waals surface area (Å²) in [6.07, 6.45) is 2.53. The second-order valence-electron chi connectivity index (χ2n) is 16.2. The maximum Gasteiger partial charge on any atom is 0.481 e. The lowest BCUT2D eigenvalue weighted by molar-refractivity contribution is -0.199. The Bertz CT molecular complexity index is 1430. The molecule has 48 heavy (non-hydrogen) atoms. The van der Waals surface area contributed by atoms with Gasteiger partial charge in [-0.15, -0.1) is 0 Å². The van der Waals surface area contributed by atoms with E-state index < -0.39 is 48.3 Å². The first-order valence-corrected chi connectivity index (χ1v) is 17.6. The fourth-order valence-electron chi connectivity index (χ4n) is 7.94. The topological polar surface area (TPSA) is 115 Å². The molecule has 0 radical (unpaired) electrons. The van der Waals surface area contributed by atoms with Crippen molar-refractivity contribution >= 4 is 25.0 Å². The van der Waals surface area contributed by atoms with Gasteiger partial charge in [0.25, 0.3) is 0 Å². The zero-order chi connectivity index (χ0) is 34.9. The summed E-state index contributed by atoms with van der Waals surface area (Å²) in [6.45, 7) is 16.4. The van der Waals surface area contributed by atoms with Crippen molar-refractivity contribution in [1.29, 1.82) is 0 Å². The zero-order valence-electron chi connectivity index (χ0n) is 29.9. The number of carbonyl (C=O) groups is 3. The Balaban J connectivity index is 1.35. The van der Waals surface area contributed by atoms with Gasteiger partial charge in [-0.1, -0.05) is 88.4 Å². The molecule has 2 aromatic carbocycles. The Morgan fingerprint density at radius 1 is 0.854 bits per heavy atom. The third-order valence-electron chi connectivity index (χ3n) is 10.6. The normalized spacial score (nSPS) is 26.0. The van der Waals surface area contributed by atoms with Crippen LogP contribution >= 0.6 is 0 Å². The van der Waals surface area contributed by atoms with Crippen LogP contribution in [-0.4, -0.2) is 60.4 Å². The van der Waals surface area contributed by atoms with E-state index in [1.165, 1.54) is 0 Å². The first-order valence-electron chi connectivity index (χ1n) is 17.6. The van der Waals surface area contributed by atoms with E-state index in [1.807, 2.05) is 60.7 Å². The second-order valence-corrected chi connectivity index (χ2v) is 16.2. The Morgan fingerprint density at radius 2 is 1.40 bits per heavy atom. The van der Waals surface area contributed by atoms with Crippen molar-refractivity contribution in [1.82, 2.24) is 16.0 Å². The Labute approximate surface area is 286 Å². The molecule has 1 aliphatic heterocycles. The summed E-state index contributed by atoms with van der Waals surface area (Å²) in [7, 11) is -0.589.